The van der Waals surface area contributed by atoms with Crippen molar-refractivity contribution in [3.05, 3.63) is 47.8 Å². The van der Waals surface area contributed by atoms with Crippen LogP contribution in [0.5, 0.6) is 0 Å². The van der Waals surface area contributed by atoms with Crippen molar-refractivity contribution < 1.29 is 9.18 Å². The van der Waals surface area contributed by atoms with Crippen molar-refractivity contribution in [2.24, 2.45) is 5.41 Å². The number of hydrogen-bond donors (Lipinski definition) is 0. The van der Waals surface area contributed by atoms with Crippen LogP contribution in [0.1, 0.15) is 32.8 Å². The summed E-state index contributed by atoms with van der Waals surface area (Å²) in [6.07, 6.45) is 4.69. The highest BCUT2D eigenvalue weighted by molar-refractivity contribution is 5.94. The van der Waals surface area contributed by atoms with Gasteiger partial charge in [0.15, 0.2) is 5.78 Å². The number of hydrogen-bond acceptors (Lipinski definition) is 1. The fourth-order valence-corrected chi connectivity index (χ4v) is 1.66. The largest absolute Gasteiger partial charge is 0.294 e. The standard InChI is InChI=1S/C15H19FO/c1-4-5-10-14(17)15(2,3)11-12-8-6-7-9-13(12)16/h5-10H,4,11H2,1-3H3. The number of halogens is 1. The van der Waals surface area contributed by atoms with Gasteiger partial charge in [-0.2, -0.15) is 0 Å². The maximum Gasteiger partial charge on any atom is 0.161 e. The molecule has 92 valence electrons. The van der Waals surface area contributed by atoms with E-state index in [-0.39, 0.29) is 11.6 Å². The Morgan fingerprint density at radius 2 is 2.00 bits per heavy atom. The fraction of sp³-hybridized carbons (Fsp3) is 0.400. The van der Waals surface area contributed by atoms with Crippen LogP contribution in [0.2, 0.25) is 0 Å². The molecule has 0 aliphatic heterocycles. The van der Waals surface area contributed by atoms with Crippen LogP contribution in [-0.2, 0) is 11.2 Å². The maximum atomic E-state index is 13.5. The molecule has 1 rings (SSSR count). The first-order chi connectivity index (χ1) is 7.97. The highest BCUT2D eigenvalue weighted by Crippen LogP contribution is 2.25. The van der Waals surface area contributed by atoms with Crippen LogP contribution >= 0.6 is 0 Å². The molecule has 0 unspecified atom stereocenters. The summed E-state index contributed by atoms with van der Waals surface area (Å²) < 4.78 is 13.5. The molecule has 0 saturated heterocycles. The van der Waals surface area contributed by atoms with Gasteiger partial charge in [0.05, 0.1) is 0 Å². The Kier molecular flexibility index (Phi) is 4.62. The number of allylic oxidation sites excluding steroid dienone is 2. The van der Waals surface area contributed by atoms with Gasteiger partial charge in [-0.25, -0.2) is 4.39 Å². The lowest BCUT2D eigenvalue weighted by Gasteiger charge is -2.21. The molecular weight excluding hydrogens is 215 g/mol. The van der Waals surface area contributed by atoms with Gasteiger partial charge < -0.3 is 0 Å². The predicted molar refractivity (Wildman–Crippen MR) is 68.3 cm³/mol. The molecule has 0 bridgehead atoms. The zero-order valence-electron chi connectivity index (χ0n) is 10.7. The van der Waals surface area contributed by atoms with E-state index in [0.29, 0.717) is 12.0 Å². The van der Waals surface area contributed by atoms with Gasteiger partial charge in [0, 0.05) is 5.41 Å². The summed E-state index contributed by atoms with van der Waals surface area (Å²) >= 11 is 0. The lowest BCUT2D eigenvalue weighted by molar-refractivity contribution is -0.122. The van der Waals surface area contributed by atoms with Crippen molar-refractivity contribution in [2.75, 3.05) is 0 Å². The molecule has 17 heavy (non-hydrogen) atoms. The Morgan fingerprint density at radius 3 is 2.59 bits per heavy atom. The van der Waals surface area contributed by atoms with Gasteiger partial charge in [-0.05, 0) is 30.5 Å². The quantitative estimate of drug-likeness (QED) is 0.705. The van der Waals surface area contributed by atoms with Crippen molar-refractivity contribution in [3.63, 3.8) is 0 Å². The smallest absolute Gasteiger partial charge is 0.161 e. The summed E-state index contributed by atoms with van der Waals surface area (Å²) in [4.78, 5) is 11.9. The first kappa shape index (κ1) is 13.6. The molecular formula is C15H19FO. The second-order valence-corrected chi connectivity index (χ2v) is 4.83. The summed E-state index contributed by atoms with van der Waals surface area (Å²) in [5.41, 5.74) is 0.0316. The number of benzene rings is 1. The molecule has 1 nitrogen and oxygen atoms in total. The molecule has 1 aromatic rings. The third-order valence-electron chi connectivity index (χ3n) is 2.76. The van der Waals surface area contributed by atoms with Crippen molar-refractivity contribution >= 4 is 5.78 Å². The minimum absolute atomic E-state index is 0.0441. The normalized spacial score (nSPS) is 12.0. The van der Waals surface area contributed by atoms with E-state index in [2.05, 4.69) is 0 Å². The minimum atomic E-state index is -0.562. The third-order valence-corrected chi connectivity index (χ3v) is 2.76. The van der Waals surface area contributed by atoms with Crippen LogP contribution in [0.3, 0.4) is 0 Å². The molecule has 0 radical (unpaired) electrons. The lowest BCUT2D eigenvalue weighted by Crippen LogP contribution is -2.25. The topological polar surface area (TPSA) is 17.1 Å². The van der Waals surface area contributed by atoms with Crippen LogP contribution < -0.4 is 0 Å². The fourth-order valence-electron chi connectivity index (χ4n) is 1.66. The average Bonchev–Trinajstić information content (AvgIpc) is 2.28. The van der Waals surface area contributed by atoms with E-state index in [1.54, 1.807) is 24.3 Å². The molecule has 0 amide bonds. The zero-order chi connectivity index (χ0) is 12.9. The SMILES string of the molecule is CCC=CC(=O)C(C)(C)Cc1ccccc1F. The van der Waals surface area contributed by atoms with Gasteiger partial charge in [-0.1, -0.05) is 45.0 Å². The van der Waals surface area contributed by atoms with E-state index in [1.807, 2.05) is 26.8 Å². The molecule has 0 aromatic heterocycles. The maximum absolute atomic E-state index is 13.5. The number of carbonyl (C=O) groups is 1. The second kappa shape index (κ2) is 5.76. The molecule has 0 heterocycles. The molecule has 0 aliphatic rings. The summed E-state index contributed by atoms with van der Waals surface area (Å²) in [6, 6.07) is 6.61. The zero-order valence-corrected chi connectivity index (χ0v) is 10.7. The van der Waals surface area contributed by atoms with E-state index in [1.165, 1.54) is 6.07 Å². The number of ketones is 1. The predicted octanol–water partition coefficient (Wildman–Crippen LogP) is 3.93. The van der Waals surface area contributed by atoms with Crippen LogP contribution in [-0.4, -0.2) is 5.78 Å². The van der Waals surface area contributed by atoms with Crippen molar-refractivity contribution in [2.45, 2.75) is 33.6 Å². The van der Waals surface area contributed by atoms with Gasteiger partial charge in [-0.3, -0.25) is 4.79 Å². The summed E-state index contributed by atoms with van der Waals surface area (Å²) in [7, 11) is 0. The van der Waals surface area contributed by atoms with Crippen LogP contribution in [0.4, 0.5) is 4.39 Å². The van der Waals surface area contributed by atoms with Gasteiger partial charge in [0.1, 0.15) is 5.82 Å². The van der Waals surface area contributed by atoms with E-state index < -0.39 is 5.41 Å². The van der Waals surface area contributed by atoms with E-state index in [4.69, 9.17) is 0 Å². The third kappa shape index (κ3) is 3.81. The summed E-state index contributed by atoms with van der Waals surface area (Å²) in [5, 5.41) is 0. The van der Waals surface area contributed by atoms with E-state index in [9.17, 15) is 9.18 Å². The van der Waals surface area contributed by atoms with E-state index >= 15 is 0 Å². The van der Waals surface area contributed by atoms with Gasteiger partial charge in [0.25, 0.3) is 0 Å². The van der Waals surface area contributed by atoms with Gasteiger partial charge >= 0.3 is 0 Å². The average molecular weight is 234 g/mol. The molecule has 0 spiro atoms. The molecule has 0 aliphatic carbocycles. The molecule has 0 saturated carbocycles. The Labute approximate surface area is 102 Å². The van der Waals surface area contributed by atoms with Crippen molar-refractivity contribution in [1.82, 2.24) is 0 Å². The number of rotatable bonds is 5. The Morgan fingerprint density at radius 1 is 1.35 bits per heavy atom. The molecule has 0 fully saturated rings. The molecule has 0 N–H and O–H groups in total. The Hall–Kier alpha value is -1.44. The highest BCUT2D eigenvalue weighted by atomic mass is 19.1. The second-order valence-electron chi connectivity index (χ2n) is 4.83. The van der Waals surface area contributed by atoms with E-state index in [0.717, 1.165) is 6.42 Å². The first-order valence-corrected chi connectivity index (χ1v) is 5.91. The van der Waals surface area contributed by atoms with Gasteiger partial charge in [0.2, 0.25) is 0 Å². The molecule has 0 atom stereocenters. The number of carbonyl (C=O) groups excluding carboxylic acids is 1. The van der Waals surface area contributed by atoms with Crippen molar-refractivity contribution in [3.8, 4) is 0 Å². The highest BCUT2D eigenvalue weighted by Gasteiger charge is 2.26. The summed E-state index contributed by atoms with van der Waals surface area (Å²) in [6.45, 7) is 5.68. The Balaban J connectivity index is 2.83. The lowest BCUT2D eigenvalue weighted by atomic mass is 9.81. The molecule has 1 aromatic carbocycles. The molecule has 2 heteroatoms. The first-order valence-electron chi connectivity index (χ1n) is 5.91. The minimum Gasteiger partial charge on any atom is -0.294 e. The van der Waals surface area contributed by atoms with Gasteiger partial charge in [-0.15, -0.1) is 0 Å². The summed E-state index contributed by atoms with van der Waals surface area (Å²) in [5.74, 6) is -0.199. The van der Waals surface area contributed by atoms with Crippen LogP contribution in [0.25, 0.3) is 0 Å². The van der Waals surface area contributed by atoms with Crippen LogP contribution in [0.15, 0.2) is 36.4 Å². The monoisotopic (exact) mass is 234 g/mol. The van der Waals surface area contributed by atoms with Crippen LogP contribution in [0, 0.1) is 11.2 Å². The van der Waals surface area contributed by atoms with Crippen molar-refractivity contribution in [1.29, 1.82) is 0 Å². The Bertz CT molecular complexity index is 419.